The summed E-state index contributed by atoms with van der Waals surface area (Å²) in [6, 6.07) is 48.1. The zero-order chi connectivity index (χ0) is 32.1. The Bertz CT molecular complexity index is 2010. The molecule has 0 unspecified atom stereocenters. The Morgan fingerprint density at radius 3 is 1.23 bits per heavy atom. The summed E-state index contributed by atoms with van der Waals surface area (Å²) in [6.07, 6.45) is 5.38. The Morgan fingerprint density at radius 1 is 0.271 bits per heavy atom. The van der Waals surface area contributed by atoms with E-state index in [9.17, 15) is 0 Å². The highest BCUT2D eigenvalue weighted by Crippen LogP contribution is 2.31. The first-order valence-corrected chi connectivity index (χ1v) is 15.6. The van der Waals surface area contributed by atoms with Crippen LogP contribution in [0.4, 0.5) is 0 Å². The van der Waals surface area contributed by atoms with Gasteiger partial charge in [-0.05, 0) is 59.7 Å². The molecule has 8 aromatic rings. The number of nitrogens with zero attached hydrogens (tertiary/aromatic N) is 7. The van der Waals surface area contributed by atoms with Gasteiger partial charge in [-0.1, -0.05) is 97.1 Å². The highest BCUT2D eigenvalue weighted by molar-refractivity contribution is 5.76. The quantitative estimate of drug-likeness (QED) is 0.176. The first-order chi connectivity index (χ1) is 23.8. The van der Waals surface area contributed by atoms with Crippen LogP contribution in [-0.4, -0.2) is 34.9 Å². The number of benzene rings is 3. The van der Waals surface area contributed by atoms with E-state index in [0.29, 0.717) is 17.5 Å². The maximum absolute atomic E-state index is 4.89. The number of pyridine rings is 4. The maximum atomic E-state index is 4.89. The normalized spacial score (nSPS) is 10.9. The second-order valence-electron chi connectivity index (χ2n) is 11.1. The van der Waals surface area contributed by atoms with Gasteiger partial charge in [-0.25, -0.2) is 19.9 Å². The van der Waals surface area contributed by atoms with Crippen molar-refractivity contribution in [3.8, 4) is 79.3 Å². The highest BCUT2D eigenvalue weighted by Gasteiger charge is 2.14. The van der Waals surface area contributed by atoms with E-state index in [2.05, 4.69) is 46.4 Å². The number of hydrogen-bond acceptors (Lipinski definition) is 7. The molecular weight excluding hydrogens is 591 g/mol. The summed E-state index contributed by atoms with van der Waals surface area (Å²) in [5.41, 5.74) is 9.80. The van der Waals surface area contributed by atoms with E-state index in [1.165, 1.54) is 0 Å². The molecule has 0 saturated carbocycles. The fourth-order valence-corrected chi connectivity index (χ4v) is 5.46. The molecule has 7 heteroatoms. The molecule has 8 rings (SSSR count). The zero-order valence-corrected chi connectivity index (χ0v) is 25.7. The summed E-state index contributed by atoms with van der Waals surface area (Å²) >= 11 is 0. The molecule has 0 bridgehead atoms. The molecule has 0 saturated heterocycles. The predicted octanol–water partition coefficient (Wildman–Crippen LogP) is 9.12. The van der Waals surface area contributed by atoms with Crippen LogP contribution in [0, 0.1) is 0 Å². The minimum absolute atomic E-state index is 0.571. The molecule has 0 atom stereocenters. The molecule has 3 aromatic carbocycles. The minimum atomic E-state index is 0.571. The van der Waals surface area contributed by atoms with Gasteiger partial charge in [0.1, 0.15) is 0 Å². The van der Waals surface area contributed by atoms with Crippen molar-refractivity contribution in [1.29, 1.82) is 0 Å². The second kappa shape index (κ2) is 12.9. The third-order valence-corrected chi connectivity index (χ3v) is 7.92. The third kappa shape index (κ3) is 6.08. The molecule has 7 nitrogen and oxygen atoms in total. The molecule has 0 radical (unpaired) electrons. The lowest BCUT2D eigenvalue weighted by Crippen LogP contribution is -2.00. The van der Waals surface area contributed by atoms with Crippen molar-refractivity contribution in [2.24, 2.45) is 0 Å². The summed E-state index contributed by atoms with van der Waals surface area (Å²) in [5.74, 6) is 1.81. The summed E-state index contributed by atoms with van der Waals surface area (Å²) in [6.45, 7) is 0. The van der Waals surface area contributed by atoms with E-state index in [4.69, 9.17) is 24.9 Å². The third-order valence-electron chi connectivity index (χ3n) is 7.92. The van der Waals surface area contributed by atoms with E-state index in [0.717, 1.165) is 61.9 Å². The number of rotatable bonds is 7. The molecule has 0 aliphatic rings. The fraction of sp³-hybridized carbons (Fsp3) is 0. The average Bonchev–Trinajstić information content (AvgIpc) is 3.19. The van der Waals surface area contributed by atoms with Crippen molar-refractivity contribution in [2.45, 2.75) is 0 Å². The van der Waals surface area contributed by atoms with Crippen LogP contribution in [0.25, 0.3) is 79.3 Å². The van der Waals surface area contributed by atoms with E-state index < -0.39 is 0 Å². The van der Waals surface area contributed by atoms with Gasteiger partial charge in [0.05, 0.1) is 28.5 Å². The van der Waals surface area contributed by atoms with Crippen molar-refractivity contribution in [1.82, 2.24) is 34.9 Å². The van der Waals surface area contributed by atoms with Crippen LogP contribution in [0.15, 0.2) is 164 Å². The minimum Gasteiger partial charge on any atom is -0.255 e. The Morgan fingerprint density at radius 2 is 0.750 bits per heavy atom. The van der Waals surface area contributed by atoms with Crippen LogP contribution in [0.3, 0.4) is 0 Å². The van der Waals surface area contributed by atoms with Crippen molar-refractivity contribution in [2.75, 3.05) is 0 Å². The van der Waals surface area contributed by atoms with Crippen molar-refractivity contribution in [3.63, 3.8) is 0 Å². The SMILES string of the molecule is c1ccc(-c2nc(-c3ccccc3)nc(-c3ccc(-c4ccc(-c5cc(-c6ccccn6)nc(-c6ccccn6)c5)cc4)nc3)n2)cc1. The van der Waals surface area contributed by atoms with Crippen molar-refractivity contribution < 1.29 is 0 Å². The molecule has 226 valence electrons. The standard InChI is InChI=1S/C41H27N7/c1-3-11-30(12-4-1)39-46-40(31-13-5-2-6-14-31)48-41(47-39)32-21-22-34(44-27-32)29-19-17-28(18-20-29)33-25-37(35-15-7-9-23-42-35)45-38(26-33)36-16-8-10-24-43-36/h1-27H. The Labute approximate surface area is 277 Å². The molecular formula is C41H27N7. The van der Waals surface area contributed by atoms with Crippen LogP contribution in [0.2, 0.25) is 0 Å². The van der Waals surface area contributed by atoms with Crippen LogP contribution >= 0.6 is 0 Å². The molecule has 0 spiro atoms. The summed E-state index contributed by atoms with van der Waals surface area (Å²) in [7, 11) is 0. The maximum Gasteiger partial charge on any atom is 0.165 e. The second-order valence-corrected chi connectivity index (χ2v) is 11.1. The van der Waals surface area contributed by atoms with Gasteiger partial charge in [0.15, 0.2) is 17.5 Å². The van der Waals surface area contributed by atoms with E-state index in [1.54, 1.807) is 12.4 Å². The van der Waals surface area contributed by atoms with Crippen LogP contribution in [0.5, 0.6) is 0 Å². The van der Waals surface area contributed by atoms with Gasteiger partial charge >= 0.3 is 0 Å². The van der Waals surface area contributed by atoms with Gasteiger partial charge < -0.3 is 0 Å². The van der Waals surface area contributed by atoms with E-state index in [-0.39, 0.29) is 0 Å². The van der Waals surface area contributed by atoms with E-state index in [1.807, 2.05) is 115 Å². The Hall–Kier alpha value is -6.73. The van der Waals surface area contributed by atoms with Gasteiger partial charge in [-0.3, -0.25) is 15.0 Å². The number of aromatic nitrogens is 7. The highest BCUT2D eigenvalue weighted by atomic mass is 15.0. The molecule has 5 heterocycles. The molecule has 48 heavy (non-hydrogen) atoms. The Balaban J connectivity index is 1.11. The van der Waals surface area contributed by atoms with Crippen LogP contribution in [-0.2, 0) is 0 Å². The van der Waals surface area contributed by atoms with Gasteiger partial charge in [0.25, 0.3) is 0 Å². The molecule has 0 aliphatic carbocycles. The molecule has 0 aliphatic heterocycles. The first kappa shape index (κ1) is 28.7. The van der Waals surface area contributed by atoms with Gasteiger partial charge in [0, 0.05) is 40.8 Å². The summed E-state index contributed by atoms with van der Waals surface area (Å²) < 4.78 is 0. The van der Waals surface area contributed by atoms with E-state index >= 15 is 0 Å². The van der Waals surface area contributed by atoms with Crippen LogP contribution in [0.1, 0.15) is 0 Å². The first-order valence-electron chi connectivity index (χ1n) is 15.6. The topological polar surface area (TPSA) is 90.2 Å². The molecule has 0 fully saturated rings. The predicted molar refractivity (Wildman–Crippen MR) is 189 cm³/mol. The van der Waals surface area contributed by atoms with Crippen LogP contribution < -0.4 is 0 Å². The Kier molecular flexibility index (Phi) is 7.74. The smallest absolute Gasteiger partial charge is 0.165 e. The lowest BCUT2D eigenvalue weighted by Gasteiger charge is -2.10. The zero-order valence-electron chi connectivity index (χ0n) is 25.7. The van der Waals surface area contributed by atoms with Gasteiger partial charge in [-0.2, -0.15) is 0 Å². The average molecular weight is 618 g/mol. The fourth-order valence-electron chi connectivity index (χ4n) is 5.46. The van der Waals surface area contributed by atoms with Crippen molar-refractivity contribution >= 4 is 0 Å². The van der Waals surface area contributed by atoms with Gasteiger partial charge in [0.2, 0.25) is 0 Å². The molecule has 5 aromatic heterocycles. The molecule has 0 amide bonds. The number of hydrogen-bond donors (Lipinski definition) is 0. The van der Waals surface area contributed by atoms with Gasteiger partial charge in [-0.15, -0.1) is 0 Å². The largest absolute Gasteiger partial charge is 0.255 e. The van der Waals surface area contributed by atoms with Crippen molar-refractivity contribution in [3.05, 3.63) is 164 Å². The lowest BCUT2D eigenvalue weighted by molar-refractivity contribution is 1.07. The summed E-state index contributed by atoms with van der Waals surface area (Å²) in [5, 5.41) is 0. The lowest BCUT2D eigenvalue weighted by atomic mass is 10.0. The monoisotopic (exact) mass is 617 g/mol. The summed E-state index contributed by atoms with van der Waals surface area (Å²) in [4.78, 5) is 33.2. The molecule has 0 N–H and O–H groups in total.